The molecule has 1 fully saturated rings. The Bertz CT molecular complexity index is 1210. The highest BCUT2D eigenvalue weighted by Gasteiger charge is 2.46. The van der Waals surface area contributed by atoms with Crippen LogP contribution in [-0.2, 0) is 19.0 Å². The zero-order valence-corrected chi connectivity index (χ0v) is 19.6. The highest BCUT2D eigenvalue weighted by molar-refractivity contribution is 5.70. The van der Waals surface area contributed by atoms with Gasteiger partial charge in [0.25, 0.3) is 0 Å². The molecule has 0 saturated carbocycles. The highest BCUT2D eigenvalue weighted by Crippen LogP contribution is 2.47. The number of carbonyl (C=O) groups excluding carboxylic acids is 1. The van der Waals surface area contributed by atoms with E-state index in [4.69, 9.17) is 23.7 Å². The van der Waals surface area contributed by atoms with Crippen LogP contribution in [0.15, 0.2) is 30.0 Å². The fraction of sp³-hybridized carbons (Fsp3) is 0.375. The summed E-state index contributed by atoms with van der Waals surface area (Å²) < 4.78 is 27.3. The second-order valence-corrected chi connectivity index (χ2v) is 8.45. The van der Waals surface area contributed by atoms with Crippen molar-refractivity contribution in [3.05, 3.63) is 41.2 Å². The van der Waals surface area contributed by atoms with E-state index in [1.54, 1.807) is 0 Å². The summed E-state index contributed by atoms with van der Waals surface area (Å²) >= 11 is 0. The Hall–Kier alpha value is -3.91. The monoisotopic (exact) mass is 522 g/mol. The zero-order chi connectivity index (χ0) is 27.0. The first-order valence-electron chi connectivity index (χ1n) is 11.0. The predicted molar refractivity (Wildman–Crippen MR) is 122 cm³/mol. The molecule has 2 heterocycles. The number of fused-ring (bicyclic) bond motifs is 1. The fourth-order valence-corrected chi connectivity index (χ4v) is 3.98. The van der Waals surface area contributed by atoms with Gasteiger partial charge in [-0.1, -0.05) is 0 Å². The van der Waals surface area contributed by atoms with Gasteiger partial charge in [-0.15, -0.1) is 0 Å². The SMILES string of the molecule is COc1cc(C2Oc3cc(O)cc(O)c3C=C2OC2O[C@H](COC(C)=O)[C@H](O)[C@H](O)[C@H]2O)cc(O)c1O. The summed E-state index contributed by atoms with van der Waals surface area (Å²) in [6, 6.07) is 4.79. The second-order valence-electron chi connectivity index (χ2n) is 8.45. The summed E-state index contributed by atoms with van der Waals surface area (Å²) in [5, 5.41) is 71.5. The van der Waals surface area contributed by atoms with E-state index >= 15 is 0 Å². The molecule has 2 aliphatic heterocycles. The van der Waals surface area contributed by atoms with E-state index in [0.717, 1.165) is 19.1 Å². The molecule has 0 spiro atoms. The quantitative estimate of drug-likeness (QED) is 0.203. The van der Waals surface area contributed by atoms with Crippen LogP contribution in [-0.4, -0.2) is 86.1 Å². The van der Waals surface area contributed by atoms with Crippen LogP contribution in [0.3, 0.4) is 0 Å². The maximum absolute atomic E-state index is 11.2. The Morgan fingerprint density at radius 1 is 0.973 bits per heavy atom. The van der Waals surface area contributed by atoms with Gasteiger partial charge in [0, 0.05) is 24.6 Å². The standard InChI is InChI=1S/C24H26O13/c1-9(25)34-8-18-20(30)21(31)22(32)24(37-18)36-17-7-12-13(27)5-11(26)6-15(12)35-23(17)10-3-14(28)19(29)16(4-10)33-2/h3-7,18,20-24,26-32H,8H2,1-2H3/t18-,20+,21+,22-,23?,24?/m1/s1. The number of esters is 1. The van der Waals surface area contributed by atoms with Crippen molar-refractivity contribution in [2.75, 3.05) is 13.7 Å². The van der Waals surface area contributed by atoms with Crippen molar-refractivity contribution < 1.29 is 64.2 Å². The molecule has 6 atom stereocenters. The molecule has 4 rings (SSSR count). The molecule has 7 N–H and O–H groups in total. The van der Waals surface area contributed by atoms with Crippen molar-refractivity contribution in [3.63, 3.8) is 0 Å². The van der Waals surface area contributed by atoms with E-state index < -0.39 is 60.9 Å². The smallest absolute Gasteiger partial charge is 0.302 e. The molecule has 2 aromatic rings. The molecule has 2 unspecified atom stereocenters. The number of ether oxygens (including phenoxy) is 5. The lowest BCUT2D eigenvalue weighted by molar-refractivity contribution is -0.294. The Morgan fingerprint density at radius 2 is 1.70 bits per heavy atom. The summed E-state index contributed by atoms with van der Waals surface area (Å²) in [6.45, 7) is 0.706. The lowest BCUT2D eigenvalue weighted by atomic mass is 9.98. The first-order valence-corrected chi connectivity index (χ1v) is 11.0. The first kappa shape index (κ1) is 26.2. The third-order valence-electron chi connectivity index (χ3n) is 5.87. The average Bonchev–Trinajstić information content (AvgIpc) is 2.85. The number of benzene rings is 2. The van der Waals surface area contributed by atoms with Gasteiger partial charge in [0.05, 0.1) is 12.7 Å². The zero-order valence-electron chi connectivity index (χ0n) is 19.6. The number of carbonyl (C=O) groups is 1. The number of rotatable bonds is 6. The van der Waals surface area contributed by atoms with Crippen molar-refractivity contribution in [2.24, 2.45) is 0 Å². The highest BCUT2D eigenvalue weighted by atomic mass is 16.7. The van der Waals surface area contributed by atoms with Crippen LogP contribution < -0.4 is 9.47 Å². The molecule has 2 aliphatic rings. The molecule has 2 aromatic carbocycles. The van der Waals surface area contributed by atoms with Crippen LogP contribution in [0, 0.1) is 0 Å². The molecule has 200 valence electrons. The van der Waals surface area contributed by atoms with Crippen molar-refractivity contribution in [1.29, 1.82) is 0 Å². The molecular formula is C24H26O13. The Balaban J connectivity index is 1.73. The maximum atomic E-state index is 11.2. The minimum atomic E-state index is -1.76. The molecule has 0 amide bonds. The van der Waals surface area contributed by atoms with Gasteiger partial charge in [0.1, 0.15) is 54.0 Å². The Kier molecular flexibility index (Phi) is 7.23. The topological polar surface area (TPSA) is 205 Å². The van der Waals surface area contributed by atoms with Crippen molar-refractivity contribution in [1.82, 2.24) is 0 Å². The van der Waals surface area contributed by atoms with Gasteiger partial charge in [-0.2, -0.15) is 0 Å². The number of hydrogen-bond donors (Lipinski definition) is 7. The number of phenols is 4. The summed E-state index contributed by atoms with van der Waals surface area (Å²) in [4.78, 5) is 11.2. The minimum Gasteiger partial charge on any atom is -0.508 e. The molecule has 0 aliphatic carbocycles. The van der Waals surface area contributed by atoms with Gasteiger partial charge in [0.2, 0.25) is 12.0 Å². The number of hydrogen-bond acceptors (Lipinski definition) is 13. The second kappa shape index (κ2) is 10.2. The van der Waals surface area contributed by atoms with Crippen LogP contribution in [0.2, 0.25) is 0 Å². The molecule has 0 aromatic heterocycles. The van der Waals surface area contributed by atoms with E-state index in [9.17, 15) is 40.5 Å². The lowest BCUT2D eigenvalue weighted by Gasteiger charge is -2.41. The van der Waals surface area contributed by atoms with Crippen LogP contribution in [0.4, 0.5) is 0 Å². The summed E-state index contributed by atoms with van der Waals surface area (Å²) in [5.41, 5.74) is 0.288. The molecule has 0 bridgehead atoms. The van der Waals surface area contributed by atoms with Crippen molar-refractivity contribution in [2.45, 2.75) is 43.7 Å². The van der Waals surface area contributed by atoms with Gasteiger partial charge in [-0.05, 0) is 18.2 Å². The molecule has 1 saturated heterocycles. The summed E-state index contributed by atoms with van der Waals surface area (Å²) in [5.74, 6) is -2.56. The largest absolute Gasteiger partial charge is 0.508 e. The van der Waals surface area contributed by atoms with Crippen LogP contribution in [0.5, 0.6) is 34.5 Å². The van der Waals surface area contributed by atoms with Crippen molar-refractivity contribution >= 4 is 12.0 Å². The summed E-state index contributed by atoms with van der Waals surface area (Å²) in [7, 11) is 1.26. The Morgan fingerprint density at radius 3 is 2.38 bits per heavy atom. The number of methoxy groups -OCH3 is 1. The van der Waals surface area contributed by atoms with Gasteiger partial charge in [-0.3, -0.25) is 4.79 Å². The van der Waals surface area contributed by atoms with Gasteiger partial charge < -0.3 is 59.4 Å². The molecular weight excluding hydrogens is 496 g/mol. The van der Waals surface area contributed by atoms with E-state index in [1.807, 2.05) is 0 Å². The molecule has 13 nitrogen and oxygen atoms in total. The molecule has 13 heteroatoms. The maximum Gasteiger partial charge on any atom is 0.302 e. The van der Waals surface area contributed by atoms with E-state index in [0.29, 0.717) is 0 Å². The van der Waals surface area contributed by atoms with Crippen LogP contribution >= 0.6 is 0 Å². The van der Waals surface area contributed by atoms with Gasteiger partial charge in [0.15, 0.2) is 17.6 Å². The minimum absolute atomic E-state index is 0.0367. The number of aliphatic hydroxyl groups excluding tert-OH is 3. The predicted octanol–water partition coefficient (Wildman–Crippen LogP) is 0.379. The number of phenolic OH excluding ortho intramolecular Hbond substituents is 4. The van der Waals surface area contributed by atoms with E-state index in [1.165, 1.54) is 25.3 Å². The van der Waals surface area contributed by atoms with Crippen LogP contribution in [0.25, 0.3) is 6.08 Å². The van der Waals surface area contributed by atoms with E-state index in [-0.39, 0.29) is 39.9 Å². The third kappa shape index (κ3) is 5.15. The lowest BCUT2D eigenvalue weighted by Crippen LogP contribution is -2.59. The number of aromatic hydroxyl groups is 4. The summed E-state index contributed by atoms with van der Waals surface area (Å²) in [6.07, 6.45) is -7.85. The molecule has 37 heavy (non-hydrogen) atoms. The average molecular weight is 522 g/mol. The normalized spacial score (nSPS) is 26.9. The third-order valence-corrected chi connectivity index (χ3v) is 5.87. The van der Waals surface area contributed by atoms with Crippen molar-refractivity contribution in [3.8, 4) is 34.5 Å². The number of aliphatic hydroxyl groups is 3. The fourth-order valence-electron chi connectivity index (χ4n) is 3.98. The molecule has 0 radical (unpaired) electrons. The first-order chi connectivity index (χ1) is 17.5. The van der Waals surface area contributed by atoms with Crippen LogP contribution in [0.1, 0.15) is 24.2 Å². The van der Waals surface area contributed by atoms with E-state index in [2.05, 4.69) is 0 Å². The van der Waals surface area contributed by atoms with Gasteiger partial charge >= 0.3 is 5.97 Å². The van der Waals surface area contributed by atoms with Gasteiger partial charge in [-0.25, -0.2) is 0 Å². The Labute approximate surface area is 209 Å².